The van der Waals surface area contributed by atoms with Gasteiger partial charge in [-0.25, -0.2) is 0 Å². The predicted octanol–water partition coefficient (Wildman–Crippen LogP) is 8.78. The Morgan fingerprint density at radius 2 is 1.48 bits per heavy atom. The van der Waals surface area contributed by atoms with Gasteiger partial charge in [0.05, 0.1) is 26.8 Å². The molecule has 0 unspecified atom stereocenters. The largest absolute Gasteiger partial charge is 0.361 e. The van der Waals surface area contributed by atoms with E-state index in [1.807, 2.05) is 24.3 Å². The normalized spacial score (nSPS) is 15.3. The summed E-state index contributed by atoms with van der Waals surface area (Å²) in [5.74, 6) is 0. The van der Waals surface area contributed by atoms with Crippen LogP contribution < -0.4 is 15.9 Å². The van der Waals surface area contributed by atoms with Crippen LogP contribution in [0.15, 0.2) is 146 Å². The number of benzene rings is 5. The van der Waals surface area contributed by atoms with Crippen LogP contribution in [0, 0.1) is 10.1 Å². The van der Waals surface area contributed by atoms with Crippen molar-refractivity contribution in [2.45, 2.75) is 13.1 Å². The summed E-state index contributed by atoms with van der Waals surface area (Å²) in [6, 6.07) is 39.1. The molecule has 0 bridgehead atoms. The van der Waals surface area contributed by atoms with Crippen LogP contribution in [0.1, 0.15) is 18.7 Å². The van der Waals surface area contributed by atoms with E-state index in [9.17, 15) is 10.1 Å². The second-order valence-electron chi connectivity index (χ2n) is 11.9. The van der Waals surface area contributed by atoms with Crippen molar-refractivity contribution < 1.29 is 4.92 Å². The summed E-state index contributed by atoms with van der Waals surface area (Å²) in [6.45, 7) is 6.09. The molecule has 0 spiro atoms. The van der Waals surface area contributed by atoms with E-state index in [-0.39, 0.29) is 16.8 Å². The Morgan fingerprint density at radius 1 is 0.771 bits per heavy atom. The Balaban J connectivity index is 1.27. The minimum atomic E-state index is -0.374. The van der Waals surface area contributed by atoms with Crippen LogP contribution in [-0.4, -0.2) is 14.1 Å². The van der Waals surface area contributed by atoms with Gasteiger partial charge in [0.1, 0.15) is 6.17 Å². The molecule has 0 aliphatic carbocycles. The first-order valence-corrected chi connectivity index (χ1v) is 16.0. The molecule has 0 saturated carbocycles. The standard InChI is InChI=1S/C42H32N4O2/c1-3-11-38-33(4-2)36-26-29(21-25-40(36)44(38)31-12-6-5-7-13-31)30-20-24-35-34-14-8-9-16-39(34)45(41(35)27-30)42-17-10-15-37(43-42)28-18-22-32(23-19-28)46(47)48/h3-27,42-43H,1H2,2H3/b33-4-,38-11+/t42-/m0/s1. The van der Waals surface area contributed by atoms with Crippen LogP contribution in [0.2, 0.25) is 0 Å². The van der Waals surface area contributed by atoms with Crippen LogP contribution in [0.3, 0.4) is 0 Å². The summed E-state index contributed by atoms with van der Waals surface area (Å²) in [7, 11) is 0. The average Bonchev–Trinajstić information content (AvgIpc) is 3.63. The highest BCUT2D eigenvalue weighted by atomic mass is 16.6. The lowest BCUT2D eigenvalue weighted by Crippen LogP contribution is -2.27. The molecular weight excluding hydrogens is 592 g/mol. The molecule has 1 atom stereocenters. The SMILES string of the molecule is C=C/C=c1\c(=C/C)c2cc(-c3ccc4c5ccccc5n([C@H]5C=CC=C(c6ccc([N+](=O)[O-])cc6)N5)c4c3)ccc2n1-c1ccccc1. The summed E-state index contributed by atoms with van der Waals surface area (Å²) in [6.07, 6.45) is 12.1. The van der Waals surface area contributed by atoms with E-state index in [1.54, 1.807) is 24.3 Å². The summed E-state index contributed by atoms with van der Waals surface area (Å²) in [4.78, 5) is 10.9. The van der Waals surface area contributed by atoms with Gasteiger partial charge >= 0.3 is 0 Å². The zero-order valence-electron chi connectivity index (χ0n) is 26.4. The number of para-hydroxylation sites is 2. The molecule has 1 aliphatic heterocycles. The number of hydrogen-bond donors (Lipinski definition) is 1. The summed E-state index contributed by atoms with van der Waals surface area (Å²) < 4.78 is 4.64. The smallest absolute Gasteiger partial charge is 0.269 e. The van der Waals surface area contributed by atoms with Gasteiger partial charge in [-0.1, -0.05) is 79.4 Å². The number of nitrogens with one attached hydrogen (secondary N) is 1. The molecule has 0 saturated heterocycles. The lowest BCUT2D eigenvalue weighted by Gasteiger charge is -2.25. The molecule has 3 heterocycles. The van der Waals surface area contributed by atoms with E-state index >= 15 is 0 Å². The molecule has 48 heavy (non-hydrogen) atoms. The molecule has 0 amide bonds. The van der Waals surface area contributed by atoms with Gasteiger partial charge in [-0.05, 0) is 90.4 Å². The van der Waals surface area contributed by atoms with E-state index in [4.69, 9.17) is 0 Å². The van der Waals surface area contributed by atoms with Gasteiger partial charge in [0.15, 0.2) is 0 Å². The number of rotatable bonds is 6. The molecule has 1 N–H and O–H groups in total. The summed E-state index contributed by atoms with van der Waals surface area (Å²) in [5, 5.41) is 20.7. The highest BCUT2D eigenvalue weighted by Gasteiger charge is 2.20. The van der Waals surface area contributed by atoms with Crippen molar-refractivity contribution >= 4 is 56.2 Å². The van der Waals surface area contributed by atoms with Gasteiger partial charge < -0.3 is 14.5 Å². The van der Waals surface area contributed by atoms with Crippen molar-refractivity contribution in [3.8, 4) is 16.8 Å². The van der Waals surface area contributed by atoms with Crippen molar-refractivity contribution in [2.75, 3.05) is 0 Å². The van der Waals surface area contributed by atoms with Crippen LogP contribution >= 0.6 is 0 Å². The Labute approximate surface area is 277 Å². The van der Waals surface area contributed by atoms with Crippen molar-refractivity contribution in [3.63, 3.8) is 0 Å². The van der Waals surface area contributed by atoms with Crippen LogP contribution in [0.4, 0.5) is 5.69 Å². The first-order valence-electron chi connectivity index (χ1n) is 16.0. The molecule has 5 aromatic carbocycles. The predicted molar refractivity (Wildman–Crippen MR) is 198 cm³/mol. The monoisotopic (exact) mass is 624 g/mol. The maximum atomic E-state index is 11.2. The second kappa shape index (κ2) is 11.8. The Kier molecular flexibility index (Phi) is 7.11. The quantitative estimate of drug-likeness (QED) is 0.149. The fourth-order valence-corrected chi connectivity index (χ4v) is 7.03. The minimum Gasteiger partial charge on any atom is -0.361 e. The molecule has 2 aromatic heterocycles. The maximum absolute atomic E-state index is 11.2. The number of hydrogen-bond acceptors (Lipinski definition) is 3. The van der Waals surface area contributed by atoms with Crippen molar-refractivity contribution in [2.24, 2.45) is 0 Å². The van der Waals surface area contributed by atoms with Crippen molar-refractivity contribution in [1.82, 2.24) is 14.5 Å². The molecule has 6 nitrogen and oxygen atoms in total. The first-order chi connectivity index (χ1) is 23.6. The number of dihydropyridines is 1. The fraction of sp³-hybridized carbons (Fsp3) is 0.0476. The lowest BCUT2D eigenvalue weighted by molar-refractivity contribution is -0.384. The van der Waals surface area contributed by atoms with E-state index in [2.05, 4.69) is 131 Å². The molecule has 232 valence electrons. The van der Waals surface area contributed by atoms with Gasteiger partial charge in [0.2, 0.25) is 0 Å². The zero-order valence-corrected chi connectivity index (χ0v) is 26.4. The number of non-ortho nitro benzene ring substituents is 1. The first kappa shape index (κ1) is 29.0. The van der Waals surface area contributed by atoms with Gasteiger partial charge in [0, 0.05) is 44.9 Å². The number of nitrogens with zero attached hydrogens (tertiary/aromatic N) is 3. The number of aromatic nitrogens is 2. The third-order valence-corrected chi connectivity index (χ3v) is 9.19. The molecule has 8 rings (SSSR count). The molecule has 1 aliphatic rings. The van der Waals surface area contributed by atoms with Crippen LogP contribution in [0.25, 0.3) is 67.4 Å². The Hall–Kier alpha value is -6.40. The van der Waals surface area contributed by atoms with Gasteiger partial charge in [-0.3, -0.25) is 10.1 Å². The molecule has 0 radical (unpaired) electrons. The summed E-state index contributed by atoms with van der Waals surface area (Å²) >= 11 is 0. The maximum Gasteiger partial charge on any atom is 0.269 e. The highest BCUT2D eigenvalue weighted by Crippen LogP contribution is 2.36. The van der Waals surface area contributed by atoms with E-state index < -0.39 is 0 Å². The third kappa shape index (κ3) is 4.74. The number of nitro groups is 1. The fourth-order valence-electron chi connectivity index (χ4n) is 7.03. The van der Waals surface area contributed by atoms with E-state index in [1.165, 1.54) is 21.4 Å². The Morgan fingerprint density at radius 3 is 2.25 bits per heavy atom. The topological polar surface area (TPSA) is 65.0 Å². The van der Waals surface area contributed by atoms with Crippen molar-refractivity contribution in [1.29, 1.82) is 0 Å². The van der Waals surface area contributed by atoms with Crippen LogP contribution in [0.5, 0.6) is 0 Å². The lowest BCUT2D eigenvalue weighted by atomic mass is 10.0. The zero-order chi connectivity index (χ0) is 32.8. The van der Waals surface area contributed by atoms with Gasteiger partial charge in [-0.2, -0.15) is 0 Å². The summed E-state index contributed by atoms with van der Waals surface area (Å²) in [5.41, 5.74) is 8.63. The second-order valence-corrected chi connectivity index (χ2v) is 11.9. The Bertz CT molecular complexity index is 2590. The molecule has 0 fully saturated rings. The average molecular weight is 625 g/mol. The van der Waals surface area contributed by atoms with E-state index in [0.717, 1.165) is 50.0 Å². The number of nitro benzene ring substituents is 1. The third-order valence-electron chi connectivity index (χ3n) is 9.19. The van der Waals surface area contributed by atoms with Gasteiger partial charge in [0.25, 0.3) is 5.69 Å². The van der Waals surface area contributed by atoms with E-state index in [0.29, 0.717) is 0 Å². The highest BCUT2D eigenvalue weighted by molar-refractivity contribution is 6.09. The molecule has 6 heteroatoms. The number of fused-ring (bicyclic) bond motifs is 4. The van der Waals surface area contributed by atoms with Gasteiger partial charge in [-0.15, -0.1) is 0 Å². The molecule has 7 aromatic rings. The van der Waals surface area contributed by atoms with Crippen molar-refractivity contribution in [3.05, 3.63) is 172 Å². The number of allylic oxidation sites excluding steroid dienone is 3. The van der Waals surface area contributed by atoms with Crippen LogP contribution in [-0.2, 0) is 0 Å². The minimum absolute atomic E-state index is 0.0750. The molecular formula is C42H32N4O2.